The van der Waals surface area contributed by atoms with Crippen LogP contribution < -0.4 is 4.57 Å². The minimum absolute atomic E-state index is 0.286. The number of aliphatic hydroxyl groups is 1. The van der Waals surface area contributed by atoms with Crippen molar-refractivity contribution in [3.05, 3.63) is 48.0 Å². The van der Waals surface area contributed by atoms with Crippen LogP contribution in [0.1, 0.15) is 12.1 Å². The van der Waals surface area contributed by atoms with Crippen molar-refractivity contribution in [3.8, 4) is 0 Å². The Morgan fingerprint density at radius 2 is 2.29 bits per heavy atom. The molecule has 0 aromatic carbocycles. The average Bonchev–Trinajstić information content (AvgIpc) is 2.37. The zero-order valence-electron chi connectivity index (χ0n) is 9.59. The van der Waals surface area contributed by atoms with Gasteiger partial charge in [-0.25, -0.2) is 4.79 Å². The number of aliphatic hydroxyl groups excluding tert-OH is 1. The third-order valence-electron chi connectivity index (χ3n) is 2.70. The van der Waals surface area contributed by atoms with Crippen molar-refractivity contribution in [3.63, 3.8) is 0 Å². The number of aryl methyl sites for hydroxylation is 1. The predicted molar refractivity (Wildman–Crippen MR) is 62.0 cm³/mol. The normalized spacial score (nSPS) is 14.9. The number of esters is 1. The van der Waals surface area contributed by atoms with Crippen molar-refractivity contribution in [2.24, 2.45) is 0 Å². The van der Waals surface area contributed by atoms with Gasteiger partial charge in [-0.15, -0.1) is 0 Å². The Morgan fingerprint density at radius 3 is 3.06 bits per heavy atom. The Balaban J connectivity index is 2.37. The second-order valence-electron chi connectivity index (χ2n) is 3.75. The van der Waals surface area contributed by atoms with Crippen LogP contribution in [-0.4, -0.2) is 18.2 Å². The molecule has 1 aromatic heterocycles. The third kappa shape index (κ3) is 2.36. The minimum Gasteiger partial charge on any atom is -0.506 e. The monoisotopic (exact) mass is 232 g/mol. The molecule has 88 valence electrons. The lowest BCUT2D eigenvalue weighted by molar-refractivity contribution is -0.591. The molecule has 0 aliphatic carbocycles. The topological polar surface area (TPSA) is 50.4 Å². The number of fused-ring (bicyclic) bond motifs is 1. The number of carbonyl (C=O) groups is 1. The highest BCUT2D eigenvalue weighted by Crippen LogP contribution is 2.16. The summed E-state index contributed by atoms with van der Waals surface area (Å²) in [7, 11) is 1.32. The van der Waals surface area contributed by atoms with E-state index < -0.39 is 5.97 Å². The van der Waals surface area contributed by atoms with Gasteiger partial charge in [0, 0.05) is 37.1 Å². The Hall–Kier alpha value is -2.10. The maximum absolute atomic E-state index is 11.1. The largest absolute Gasteiger partial charge is 0.506 e. The van der Waals surface area contributed by atoms with Crippen LogP contribution in [0.5, 0.6) is 0 Å². The Labute approximate surface area is 99.5 Å². The van der Waals surface area contributed by atoms with Crippen LogP contribution in [0.3, 0.4) is 0 Å². The molecule has 0 bridgehead atoms. The number of carbonyl (C=O) groups excluding carboxylic acids is 1. The van der Waals surface area contributed by atoms with E-state index in [9.17, 15) is 9.90 Å². The highest BCUT2D eigenvalue weighted by Gasteiger charge is 2.24. The van der Waals surface area contributed by atoms with E-state index in [1.54, 1.807) is 6.08 Å². The van der Waals surface area contributed by atoms with Crippen LogP contribution in [0.4, 0.5) is 0 Å². The lowest BCUT2D eigenvalue weighted by Gasteiger charge is -2.10. The number of methoxy groups -OCH3 is 1. The molecule has 17 heavy (non-hydrogen) atoms. The van der Waals surface area contributed by atoms with E-state index in [4.69, 9.17) is 0 Å². The average molecular weight is 232 g/mol. The fraction of sp³-hybridized carbons (Fsp3) is 0.231. The van der Waals surface area contributed by atoms with Gasteiger partial charge in [0.25, 0.3) is 0 Å². The summed E-state index contributed by atoms with van der Waals surface area (Å²) in [5.41, 5.74) is 1.73. The molecular weight excluding hydrogens is 218 g/mol. The van der Waals surface area contributed by atoms with Crippen LogP contribution in [0.25, 0.3) is 5.70 Å². The molecule has 0 spiro atoms. The molecule has 0 saturated heterocycles. The summed E-state index contributed by atoms with van der Waals surface area (Å²) >= 11 is 0. The molecule has 1 aliphatic rings. The fourth-order valence-electron chi connectivity index (χ4n) is 1.82. The second kappa shape index (κ2) is 4.82. The first-order valence-electron chi connectivity index (χ1n) is 5.40. The van der Waals surface area contributed by atoms with Crippen LogP contribution in [0.2, 0.25) is 0 Å². The van der Waals surface area contributed by atoms with Crippen LogP contribution in [0.15, 0.2) is 42.3 Å². The van der Waals surface area contributed by atoms with E-state index in [0.717, 1.165) is 12.1 Å². The molecule has 4 nitrogen and oxygen atoms in total. The Morgan fingerprint density at radius 1 is 1.47 bits per heavy atom. The number of aromatic nitrogens is 1. The predicted octanol–water partition coefficient (Wildman–Crippen LogP) is 1.38. The highest BCUT2D eigenvalue weighted by molar-refractivity contribution is 5.83. The summed E-state index contributed by atoms with van der Waals surface area (Å²) in [4.78, 5) is 11.1. The van der Waals surface area contributed by atoms with Crippen LogP contribution in [0, 0.1) is 0 Å². The van der Waals surface area contributed by atoms with Gasteiger partial charge in [0.15, 0.2) is 17.6 Å². The van der Waals surface area contributed by atoms with E-state index in [1.165, 1.54) is 13.2 Å². The van der Waals surface area contributed by atoms with E-state index in [2.05, 4.69) is 4.74 Å². The summed E-state index contributed by atoms with van der Waals surface area (Å²) in [5, 5.41) is 9.86. The summed E-state index contributed by atoms with van der Waals surface area (Å²) < 4.78 is 6.40. The quantitative estimate of drug-likeness (QED) is 0.476. The maximum atomic E-state index is 11.1. The summed E-state index contributed by atoms with van der Waals surface area (Å²) in [6, 6.07) is 5.84. The number of nitrogens with zero attached hydrogens (tertiary/aromatic N) is 1. The fourth-order valence-corrected chi connectivity index (χ4v) is 1.82. The first kappa shape index (κ1) is 11.4. The van der Waals surface area contributed by atoms with Gasteiger partial charge in [-0.05, 0) is 0 Å². The van der Waals surface area contributed by atoms with Gasteiger partial charge in [0.05, 0.1) is 7.11 Å². The van der Waals surface area contributed by atoms with E-state index in [1.807, 2.05) is 29.0 Å². The van der Waals surface area contributed by atoms with E-state index in [0.29, 0.717) is 12.1 Å². The Bertz CT molecular complexity index is 503. The van der Waals surface area contributed by atoms with Gasteiger partial charge in [-0.3, -0.25) is 0 Å². The number of allylic oxidation sites excluding steroid dienone is 3. The lowest BCUT2D eigenvalue weighted by Crippen LogP contribution is -2.39. The van der Waals surface area contributed by atoms with Crippen molar-refractivity contribution in [1.29, 1.82) is 0 Å². The van der Waals surface area contributed by atoms with Crippen LogP contribution in [-0.2, 0) is 16.0 Å². The summed E-state index contributed by atoms with van der Waals surface area (Å²) in [5.74, 6) is -0.150. The van der Waals surface area contributed by atoms with Crippen molar-refractivity contribution < 1.29 is 19.2 Å². The molecule has 0 radical (unpaired) electrons. The number of hydrogen-bond acceptors (Lipinski definition) is 3. The molecule has 0 saturated carbocycles. The second-order valence-corrected chi connectivity index (χ2v) is 3.75. The molecule has 0 amide bonds. The SMILES string of the molecule is COC(=O)/C=C/C1=C(O)CCc2cccc[n+]21. The van der Waals surface area contributed by atoms with Crippen molar-refractivity contribution in [2.45, 2.75) is 12.8 Å². The molecule has 2 heterocycles. The summed E-state index contributed by atoms with van der Waals surface area (Å²) in [6.45, 7) is 0. The standard InChI is InChI=1S/C13H13NO3/c1-17-13(16)8-6-11-12(15)7-5-10-4-2-3-9-14(10)11/h2-4,6,8-9H,5,7H2,1H3/p+1. The first-order valence-corrected chi connectivity index (χ1v) is 5.40. The molecule has 1 N–H and O–H groups in total. The highest BCUT2D eigenvalue weighted by atomic mass is 16.5. The number of rotatable bonds is 2. The zero-order chi connectivity index (χ0) is 12.3. The lowest BCUT2D eigenvalue weighted by atomic mass is 10.1. The molecule has 1 aliphatic heterocycles. The van der Waals surface area contributed by atoms with E-state index in [-0.39, 0.29) is 5.76 Å². The molecule has 0 unspecified atom stereocenters. The van der Waals surface area contributed by atoms with Gasteiger partial charge in [-0.1, -0.05) is 6.07 Å². The van der Waals surface area contributed by atoms with Crippen LogP contribution >= 0.6 is 0 Å². The van der Waals surface area contributed by atoms with Crippen molar-refractivity contribution in [2.75, 3.05) is 7.11 Å². The number of pyridine rings is 1. The number of ether oxygens (including phenoxy) is 1. The van der Waals surface area contributed by atoms with Gasteiger partial charge < -0.3 is 9.84 Å². The van der Waals surface area contributed by atoms with Gasteiger partial charge in [0.2, 0.25) is 5.70 Å². The zero-order valence-corrected chi connectivity index (χ0v) is 9.59. The van der Waals surface area contributed by atoms with Gasteiger partial charge in [0.1, 0.15) is 0 Å². The molecule has 4 heteroatoms. The molecule has 0 atom stereocenters. The van der Waals surface area contributed by atoms with Gasteiger partial charge >= 0.3 is 5.97 Å². The van der Waals surface area contributed by atoms with Gasteiger partial charge in [-0.2, -0.15) is 4.57 Å². The molecular formula is C13H14NO3+. The Kier molecular flexibility index (Phi) is 3.23. The van der Waals surface area contributed by atoms with Crippen molar-refractivity contribution in [1.82, 2.24) is 0 Å². The van der Waals surface area contributed by atoms with Crippen molar-refractivity contribution >= 4 is 11.7 Å². The first-order chi connectivity index (χ1) is 8.22. The maximum Gasteiger partial charge on any atom is 0.330 e. The minimum atomic E-state index is -0.436. The molecule has 2 rings (SSSR count). The molecule has 0 fully saturated rings. The summed E-state index contributed by atoms with van der Waals surface area (Å²) in [6.07, 6.45) is 6.12. The smallest absolute Gasteiger partial charge is 0.330 e. The third-order valence-corrected chi connectivity index (χ3v) is 2.70. The number of hydrogen-bond donors (Lipinski definition) is 1. The van der Waals surface area contributed by atoms with E-state index >= 15 is 0 Å². The molecule has 1 aromatic rings.